The fourth-order valence-corrected chi connectivity index (χ4v) is 1.40. The zero-order chi connectivity index (χ0) is 10.8. The number of phenolic OH excluding ortho intramolecular Hbond substituents is 2. The molecule has 4 heteroatoms. The highest BCUT2D eigenvalue weighted by atomic mass is 35.5. The van der Waals surface area contributed by atoms with E-state index in [-0.39, 0.29) is 23.9 Å². The molecule has 3 nitrogen and oxygen atoms in total. The lowest BCUT2D eigenvalue weighted by atomic mass is 10.1. The Bertz CT molecular complexity index is 483. The van der Waals surface area contributed by atoms with E-state index in [2.05, 4.69) is 0 Å². The van der Waals surface area contributed by atoms with Gasteiger partial charge in [0.2, 0.25) is 0 Å². The lowest BCUT2D eigenvalue weighted by molar-refractivity contribution is -0.671. The fraction of sp³-hybridized carbons (Fsp3) is 0.0833. The van der Waals surface area contributed by atoms with Crippen molar-refractivity contribution < 1.29 is 27.2 Å². The van der Waals surface area contributed by atoms with E-state index in [9.17, 15) is 10.2 Å². The molecule has 0 saturated heterocycles. The van der Waals surface area contributed by atoms with E-state index in [4.69, 9.17) is 0 Å². The molecule has 0 radical (unpaired) electrons. The second-order valence-electron chi connectivity index (χ2n) is 3.46. The maximum Gasteiger partial charge on any atom is 0.169 e. The molecule has 84 valence electrons. The van der Waals surface area contributed by atoms with Crippen LogP contribution in [-0.2, 0) is 7.05 Å². The van der Waals surface area contributed by atoms with Crippen LogP contribution in [0.15, 0.2) is 42.7 Å². The number of nitrogens with zero attached hydrogens (tertiary/aromatic N) is 1. The molecular weight excluding hydrogens is 226 g/mol. The number of rotatable bonds is 1. The predicted octanol–water partition coefficient (Wildman–Crippen LogP) is -1.41. The molecule has 0 aliphatic rings. The molecule has 2 N–H and O–H groups in total. The first kappa shape index (κ1) is 12.3. The molecule has 0 spiro atoms. The van der Waals surface area contributed by atoms with Gasteiger partial charge in [-0.15, -0.1) is 0 Å². The maximum absolute atomic E-state index is 9.36. The predicted molar refractivity (Wildman–Crippen MR) is 56.4 cm³/mol. The molecule has 16 heavy (non-hydrogen) atoms. The highest BCUT2D eigenvalue weighted by Crippen LogP contribution is 2.29. The smallest absolute Gasteiger partial charge is 0.169 e. The summed E-state index contributed by atoms with van der Waals surface area (Å²) in [5.41, 5.74) is 1.88. The van der Waals surface area contributed by atoms with Crippen LogP contribution >= 0.6 is 0 Å². The van der Waals surface area contributed by atoms with Gasteiger partial charge in [-0.3, -0.25) is 0 Å². The van der Waals surface area contributed by atoms with Crippen LogP contribution in [0.2, 0.25) is 0 Å². The number of pyridine rings is 1. The molecule has 0 bridgehead atoms. The molecule has 0 aliphatic carbocycles. The van der Waals surface area contributed by atoms with E-state index in [1.54, 1.807) is 12.1 Å². The van der Waals surface area contributed by atoms with Crippen molar-refractivity contribution in [2.45, 2.75) is 0 Å². The zero-order valence-corrected chi connectivity index (χ0v) is 9.52. The number of aryl methyl sites for hydroxylation is 1. The number of halogens is 1. The summed E-state index contributed by atoms with van der Waals surface area (Å²) in [6.45, 7) is 0. The monoisotopic (exact) mass is 237 g/mol. The van der Waals surface area contributed by atoms with Crippen molar-refractivity contribution in [1.29, 1.82) is 0 Å². The summed E-state index contributed by atoms with van der Waals surface area (Å²) in [7, 11) is 1.94. The van der Waals surface area contributed by atoms with Gasteiger partial charge >= 0.3 is 0 Å². The Hall–Kier alpha value is -1.74. The van der Waals surface area contributed by atoms with Crippen molar-refractivity contribution in [2.24, 2.45) is 7.05 Å². The summed E-state index contributed by atoms with van der Waals surface area (Å²) in [6, 6.07) is 8.70. The number of hydrogen-bond acceptors (Lipinski definition) is 2. The Morgan fingerprint density at radius 3 is 2.06 bits per heavy atom. The van der Waals surface area contributed by atoms with Crippen LogP contribution in [0.3, 0.4) is 0 Å². The third-order valence-electron chi connectivity index (χ3n) is 2.29. The van der Waals surface area contributed by atoms with Crippen molar-refractivity contribution in [3.05, 3.63) is 42.7 Å². The van der Waals surface area contributed by atoms with Crippen molar-refractivity contribution in [1.82, 2.24) is 0 Å². The van der Waals surface area contributed by atoms with E-state index >= 15 is 0 Å². The Morgan fingerprint density at radius 1 is 0.875 bits per heavy atom. The summed E-state index contributed by atoms with van der Waals surface area (Å²) in [4.78, 5) is 0. The molecular formula is C12H12ClNO2. The highest BCUT2D eigenvalue weighted by Gasteiger charge is 2.03. The SMILES string of the molecule is C[n+]1ccc(-c2ccc(O)c(O)c2)cc1.[Cl-]. The molecule has 1 heterocycles. The lowest BCUT2D eigenvalue weighted by Gasteiger charge is -2.02. The van der Waals surface area contributed by atoms with Crippen molar-refractivity contribution >= 4 is 0 Å². The van der Waals surface area contributed by atoms with E-state index < -0.39 is 0 Å². The van der Waals surface area contributed by atoms with Gasteiger partial charge in [0.25, 0.3) is 0 Å². The Labute approximate surface area is 100 Å². The van der Waals surface area contributed by atoms with Crippen LogP contribution in [0.25, 0.3) is 11.1 Å². The van der Waals surface area contributed by atoms with Crippen LogP contribution in [0, 0.1) is 0 Å². The first-order valence-electron chi connectivity index (χ1n) is 4.64. The number of aromatic nitrogens is 1. The quantitative estimate of drug-likeness (QED) is 0.473. The largest absolute Gasteiger partial charge is 1.00 e. The maximum atomic E-state index is 9.36. The van der Waals surface area contributed by atoms with Crippen LogP contribution in [0.4, 0.5) is 0 Å². The van der Waals surface area contributed by atoms with Gasteiger partial charge in [0, 0.05) is 12.1 Å². The van der Waals surface area contributed by atoms with Gasteiger partial charge in [0.1, 0.15) is 7.05 Å². The number of benzene rings is 1. The second kappa shape index (κ2) is 4.86. The van der Waals surface area contributed by atoms with Crippen LogP contribution in [0.1, 0.15) is 0 Å². The first-order valence-corrected chi connectivity index (χ1v) is 4.64. The average Bonchev–Trinajstić information content (AvgIpc) is 2.23. The molecule has 2 aromatic rings. The van der Waals surface area contributed by atoms with Gasteiger partial charge in [-0.05, 0) is 23.3 Å². The molecule has 1 aromatic heterocycles. The van der Waals surface area contributed by atoms with Crippen molar-refractivity contribution in [3.8, 4) is 22.6 Å². The average molecular weight is 238 g/mol. The standard InChI is InChI=1S/C12H11NO2.ClH/c1-13-6-4-9(5-7-13)10-2-3-11(14)12(15)8-10;/h2-8,15H,1H3;1H. The third-order valence-corrected chi connectivity index (χ3v) is 2.29. The Kier molecular flexibility index (Phi) is 3.74. The number of phenols is 2. The minimum absolute atomic E-state index is 0. The third kappa shape index (κ3) is 2.44. The number of aromatic hydroxyl groups is 2. The molecule has 1 aromatic carbocycles. The first-order chi connectivity index (χ1) is 7.16. The molecule has 2 rings (SSSR count). The van der Waals surface area contributed by atoms with Crippen LogP contribution in [0.5, 0.6) is 11.5 Å². The summed E-state index contributed by atoms with van der Waals surface area (Å²) in [5.74, 6) is -0.194. The summed E-state index contributed by atoms with van der Waals surface area (Å²) in [6.07, 6.45) is 3.86. The molecule has 0 amide bonds. The molecule has 0 fully saturated rings. The molecule has 0 atom stereocenters. The second-order valence-corrected chi connectivity index (χ2v) is 3.46. The molecule has 0 aliphatic heterocycles. The van der Waals surface area contributed by atoms with Crippen molar-refractivity contribution in [2.75, 3.05) is 0 Å². The minimum atomic E-state index is -0.0970. The zero-order valence-electron chi connectivity index (χ0n) is 8.76. The lowest BCUT2D eigenvalue weighted by Crippen LogP contribution is -3.00. The van der Waals surface area contributed by atoms with Crippen molar-refractivity contribution in [3.63, 3.8) is 0 Å². The Balaban J connectivity index is 0.00000128. The topological polar surface area (TPSA) is 44.3 Å². The fourth-order valence-electron chi connectivity index (χ4n) is 1.40. The van der Waals surface area contributed by atoms with Gasteiger partial charge in [-0.25, -0.2) is 4.57 Å². The summed E-state index contributed by atoms with van der Waals surface area (Å²) < 4.78 is 1.93. The highest BCUT2D eigenvalue weighted by molar-refractivity contribution is 5.65. The van der Waals surface area contributed by atoms with Crippen LogP contribution < -0.4 is 17.0 Å². The van der Waals surface area contributed by atoms with Gasteiger partial charge in [-0.1, -0.05) is 6.07 Å². The minimum Gasteiger partial charge on any atom is -1.00 e. The van der Waals surface area contributed by atoms with Gasteiger partial charge < -0.3 is 22.6 Å². The summed E-state index contributed by atoms with van der Waals surface area (Å²) in [5, 5.41) is 18.5. The van der Waals surface area contributed by atoms with E-state index in [1.165, 1.54) is 6.07 Å². The number of hydrogen-bond donors (Lipinski definition) is 2. The van der Waals surface area contributed by atoms with E-state index in [0.717, 1.165) is 11.1 Å². The van der Waals surface area contributed by atoms with Gasteiger partial charge in [0.05, 0.1) is 0 Å². The normalized spacial score (nSPS) is 9.56. The van der Waals surface area contributed by atoms with E-state index in [1.807, 2.05) is 36.1 Å². The molecule has 0 saturated carbocycles. The van der Waals surface area contributed by atoms with E-state index in [0.29, 0.717) is 0 Å². The summed E-state index contributed by atoms with van der Waals surface area (Å²) >= 11 is 0. The molecule has 0 unspecified atom stereocenters. The Morgan fingerprint density at radius 2 is 1.50 bits per heavy atom. The van der Waals surface area contributed by atoms with Crippen LogP contribution in [-0.4, -0.2) is 10.2 Å². The van der Waals surface area contributed by atoms with Gasteiger partial charge in [0.15, 0.2) is 23.9 Å². The van der Waals surface area contributed by atoms with Gasteiger partial charge in [-0.2, -0.15) is 0 Å².